The first kappa shape index (κ1) is 16.6. The lowest BCUT2D eigenvalue weighted by atomic mass is 10.1. The van der Waals surface area contributed by atoms with Crippen molar-refractivity contribution in [3.8, 4) is 0 Å². The summed E-state index contributed by atoms with van der Waals surface area (Å²) in [6.45, 7) is 5.89. The molecule has 0 radical (unpaired) electrons. The molecule has 2 heterocycles. The first-order valence-corrected chi connectivity index (χ1v) is 9.60. The summed E-state index contributed by atoms with van der Waals surface area (Å²) in [5.41, 5.74) is 2.79. The maximum Gasteiger partial charge on any atom is 0.251 e. The van der Waals surface area contributed by atoms with Crippen LogP contribution in [-0.2, 0) is 11.2 Å². The second-order valence-electron chi connectivity index (χ2n) is 7.65. The quantitative estimate of drug-likeness (QED) is 0.893. The highest BCUT2D eigenvalue weighted by atomic mass is 16.2. The number of nitrogens with zero attached hydrogens (tertiary/aromatic N) is 2. The van der Waals surface area contributed by atoms with Crippen LogP contribution in [0.5, 0.6) is 0 Å². The summed E-state index contributed by atoms with van der Waals surface area (Å²) in [5, 5.41) is 3.19. The third-order valence-electron chi connectivity index (χ3n) is 5.66. The SMILES string of the molecule is CCC(=O)N1CCc2cc(C(=O)N[C@@H]3CCN(CC4CC4)C3)ccc21. The van der Waals surface area contributed by atoms with Gasteiger partial charge >= 0.3 is 0 Å². The van der Waals surface area contributed by atoms with Gasteiger partial charge in [-0.05, 0) is 55.4 Å². The van der Waals surface area contributed by atoms with Crippen molar-refractivity contribution in [3.63, 3.8) is 0 Å². The Morgan fingerprint density at radius 2 is 2.04 bits per heavy atom. The van der Waals surface area contributed by atoms with Crippen LogP contribution in [0.2, 0.25) is 0 Å². The molecule has 3 aliphatic rings. The summed E-state index contributed by atoms with van der Waals surface area (Å²) >= 11 is 0. The van der Waals surface area contributed by atoms with Gasteiger partial charge in [0.15, 0.2) is 0 Å². The summed E-state index contributed by atoms with van der Waals surface area (Å²) in [4.78, 5) is 28.9. The molecule has 1 N–H and O–H groups in total. The number of likely N-dealkylation sites (tertiary alicyclic amines) is 1. The van der Waals surface area contributed by atoms with E-state index in [2.05, 4.69) is 10.2 Å². The number of carbonyl (C=O) groups is 2. The monoisotopic (exact) mass is 341 g/mol. The number of benzene rings is 1. The van der Waals surface area contributed by atoms with Gasteiger partial charge in [0.2, 0.25) is 5.91 Å². The van der Waals surface area contributed by atoms with E-state index in [4.69, 9.17) is 0 Å². The summed E-state index contributed by atoms with van der Waals surface area (Å²) in [6, 6.07) is 6.01. The van der Waals surface area contributed by atoms with Crippen molar-refractivity contribution in [1.82, 2.24) is 10.2 Å². The molecule has 4 rings (SSSR count). The normalized spacial score (nSPS) is 22.9. The van der Waals surface area contributed by atoms with E-state index in [-0.39, 0.29) is 17.9 Å². The number of nitrogens with one attached hydrogen (secondary N) is 1. The Morgan fingerprint density at radius 1 is 1.20 bits per heavy atom. The number of rotatable bonds is 5. The molecule has 2 aliphatic heterocycles. The molecule has 2 fully saturated rings. The molecule has 0 spiro atoms. The molecule has 0 aromatic heterocycles. The molecule has 2 amide bonds. The van der Waals surface area contributed by atoms with Gasteiger partial charge in [0.05, 0.1) is 0 Å². The van der Waals surface area contributed by atoms with E-state index in [1.165, 1.54) is 19.4 Å². The average Bonchev–Trinajstić information content (AvgIpc) is 3.16. The fourth-order valence-corrected chi connectivity index (χ4v) is 4.04. The molecular formula is C20H27N3O2. The number of anilines is 1. The van der Waals surface area contributed by atoms with Gasteiger partial charge in [-0.25, -0.2) is 0 Å². The Bertz CT molecular complexity index is 684. The van der Waals surface area contributed by atoms with Crippen LogP contribution in [0.25, 0.3) is 0 Å². The number of hydrogen-bond donors (Lipinski definition) is 1. The minimum Gasteiger partial charge on any atom is -0.348 e. The van der Waals surface area contributed by atoms with Gasteiger partial charge in [-0.15, -0.1) is 0 Å². The van der Waals surface area contributed by atoms with Crippen molar-refractivity contribution in [3.05, 3.63) is 29.3 Å². The van der Waals surface area contributed by atoms with Crippen LogP contribution >= 0.6 is 0 Å². The van der Waals surface area contributed by atoms with E-state index in [0.29, 0.717) is 12.0 Å². The molecule has 1 saturated carbocycles. The topological polar surface area (TPSA) is 52.7 Å². The Kier molecular flexibility index (Phi) is 4.50. The Morgan fingerprint density at radius 3 is 2.80 bits per heavy atom. The minimum absolute atomic E-state index is 0.0151. The van der Waals surface area contributed by atoms with Crippen molar-refractivity contribution < 1.29 is 9.59 Å². The highest BCUT2D eigenvalue weighted by molar-refractivity contribution is 5.98. The van der Waals surface area contributed by atoms with E-state index in [0.717, 1.165) is 49.6 Å². The zero-order chi connectivity index (χ0) is 17.4. The van der Waals surface area contributed by atoms with Crippen molar-refractivity contribution in [2.24, 2.45) is 5.92 Å². The molecule has 1 aromatic rings. The van der Waals surface area contributed by atoms with Crippen LogP contribution in [0.3, 0.4) is 0 Å². The molecule has 134 valence electrons. The van der Waals surface area contributed by atoms with E-state index >= 15 is 0 Å². The zero-order valence-corrected chi connectivity index (χ0v) is 15.0. The Labute approximate surface area is 149 Å². The lowest BCUT2D eigenvalue weighted by Crippen LogP contribution is -2.37. The smallest absolute Gasteiger partial charge is 0.251 e. The fourth-order valence-electron chi connectivity index (χ4n) is 4.04. The lowest BCUT2D eigenvalue weighted by Gasteiger charge is -2.17. The molecule has 5 nitrogen and oxygen atoms in total. The largest absolute Gasteiger partial charge is 0.348 e. The second kappa shape index (κ2) is 6.79. The Hall–Kier alpha value is -1.88. The third kappa shape index (κ3) is 3.56. The molecule has 1 aromatic carbocycles. The summed E-state index contributed by atoms with van der Waals surface area (Å²) < 4.78 is 0. The summed E-state index contributed by atoms with van der Waals surface area (Å²) in [6.07, 6.45) is 5.14. The first-order chi connectivity index (χ1) is 12.1. The molecule has 1 saturated heterocycles. The highest BCUT2D eigenvalue weighted by Gasteiger charge is 2.30. The van der Waals surface area contributed by atoms with Crippen LogP contribution < -0.4 is 10.2 Å². The predicted molar refractivity (Wildman–Crippen MR) is 97.8 cm³/mol. The van der Waals surface area contributed by atoms with Gasteiger partial charge in [-0.1, -0.05) is 6.92 Å². The van der Waals surface area contributed by atoms with Gasteiger partial charge < -0.3 is 15.1 Å². The van der Waals surface area contributed by atoms with E-state index in [1.54, 1.807) is 0 Å². The standard InChI is InChI=1S/C20H27N3O2/c1-2-19(24)23-10-7-15-11-16(5-6-18(15)23)20(25)21-17-8-9-22(13-17)12-14-3-4-14/h5-6,11,14,17H,2-4,7-10,12-13H2,1H3,(H,21,25)/t17-/m1/s1. The van der Waals surface area contributed by atoms with Gasteiger partial charge in [0, 0.05) is 49.9 Å². The molecule has 5 heteroatoms. The molecule has 25 heavy (non-hydrogen) atoms. The minimum atomic E-state index is 0.0151. The average molecular weight is 341 g/mol. The number of amides is 2. The van der Waals surface area contributed by atoms with Crippen molar-refractivity contribution in [1.29, 1.82) is 0 Å². The fraction of sp³-hybridized carbons (Fsp3) is 0.600. The first-order valence-electron chi connectivity index (χ1n) is 9.60. The van der Waals surface area contributed by atoms with Crippen LogP contribution in [-0.4, -0.2) is 48.9 Å². The molecule has 0 bridgehead atoms. The van der Waals surface area contributed by atoms with Crippen molar-refractivity contribution in [2.75, 3.05) is 31.1 Å². The van der Waals surface area contributed by atoms with Crippen LogP contribution in [0.15, 0.2) is 18.2 Å². The number of hydrogen-bond acceptors (Lipinski definition) is 3. The maximum absolute atomic E-state index is 12.6. The van der Waals surface area contributed by atoms with Gasteiger partial charge in [-0.3, -0.25) is 9.59 Å². The summed E-state index contributed by atoms with van der Waals surface area (Å²) in [5.74, 6) is 1.07. The maximum atomic E-state index is 12.6. The van der Waals surface area contributed by atoms with Gasteiger partial charge in [0.1, 0.15) is 0 Å². The highest BCUT2D eigenvalue weighted by Crippen LogP contribution is 2.31. The van der Waals surface area contributed by atoms with Crippen LogP contribution in [0.4, 0.5) is 5.69 Å². The van der Waals surface area contributed by atoms with Crippen LogP contribution in [0.1, 0.15) is 48.5 Å². The second-order valence-corrected chi connectivity index (χ2v) is 7.65. The van der Waals surface area contributed by atoms with Crippen LogP contribution in [0, 0.1) is 5.92 Å². The zero-order valence-electron chi connectivity index (χ0n) is 15.0. The number of fused-ring (bicyclic) bond motifs is 1. The van der Waals surface area contributed by atoms with Crippen molar-refractivity contribution >= 4 is 17.5 Å². The molecule has 1 aliphatic carbocycles. The lowest BCUT2D eigenvalue weighted by molar-refractivity contribution is -0.118. The molecule has 0 unspecified atom stereocenters. The Balaban J connectivity index is 1.37. The van der Waals surface area contributed by atoms with E-state index < -0.39 is 0 Å². The van der Waals surface area contributed by atoms with Gasteiger partial charge in [-0.2, -0.15) is 0 Å². The van der Waals surface area contributed by atoms with E-state index in [1.807, 2.05) is 30.0 Å². The predicted octanol–water partition coefficient (Wildman–Crippen LogP) is 2.20. The summed E-state index contributed by atoms with van der Waals surface area (Å²) in [7, 11) is 0. The third-order valence-corrected chi connectivity index (χ3v) is 5.66. The number of carbonyl (C=O) groups excluding carboxylic acids is 2. The molecular weight excluding hydrogens is 314 g/mol. The van der Waals surface area contributed by atoms with Gasteiger partial charge in [0.25, 0.3) is 5.91 Å². The van der Waals surface area contributed by atoms with Crippen molar-refractivity contribution in [2.45, 2.75) is 45.1 Å². The molecule has 1 atom stereocenters. The van der Waals surface area contributed by atoms with E-state index in [9.17, 15) is 9.59 Å².